The molecule has 0 saturated heterocycles. The van der Waals surface area contributed by atoms with Gasteiger partial charge in [-0.15, -0.1) is 0 Å². The Bertz CT molecular complexity index is 875. The van der Waals surface area contributed by atoms with Crippen molar-refractivity contribution in [3.8, 4) is 0 Å². The van der Waals surface area contributed by atoms with Crippen molar-refractivity contribution in [2.45, 2.75) is 154 Å². The van der Waals surface area contributed by atoms with Crippen LogP contribution >= 0.6 is 0 Å². The molecule has 0 aromatic heterocycles. The molecule has 0 spiro atoms. The molecule has 0 amide bonds. The number of hydrogen-bond acceptors (Lipinski definition) is 6. The largest absolute Gasteiger partial charge is 0.477 e. The smallest absolute Gasteiger partial charge is 0.362 e. The van der Waals surface area contributed by atoms with Crippen LogP contribution in [0.1, 0.15) is 142 Å². The van der Waals surface area contributed by atoms with Crippen molar-refractivity contribution in [2.24, 2.45) is 0 Å². The number of quaternary nitrogens is 1. The molecule has 0 aliphatic heterocycles. The monoisotopic (exact) mass is 665 g/mol. The number of esters is 2. The lowest BCUT2D eigenvalue weighted by Gasteiger charge is -2.31. The normalized spacial score (nSPS) is 13.5. The first-order valence-electron chi connectivity index (χ1n) is 18.5. The van der Waals surface area contributed by atoms with Crippen LogP contribution in [0.4, 0.5) is 0 Å². The molecule has 0 rings (SSSR count). The van der Waals surface area contributed by atoms with Crippen LogP contribution < -0.4 is 0 Å². The molecule has 272 valence electrons. The molecule has 8 nitrogen and oxygen atoms in total. The van der Waals surface area contributed by atoms with Crippen molar-refractivity contribution in [2.75, 3.05) is 41.0 Å². The molecule has 0 aromatic rings. The number of nitrogens with zero attached hydrogens (tertiary/aromatic N) is 1. The molecule has 0 bridgehead atoms. The van der Waals surface area contributed by atoms with Gasteiger partial charge in [0.2, 0.25) is 0 Å². The zero-order chi connectivity index (χ0) is 35.0. The highest BCUT2D eigenvalue weighted by molar-refractivity contribution is 5.72. The molecule has 0 aromatic carbocycles. The molecular formula is C39H70NO7+. The number of ether oxygens (including phenoxy) is 3. The first-order chi connectivity index (χ1) is 22.6. The third-order valence-corrected chi connectivity index (χ3v) is 8.05. The number of unbranched alkanes of at least 4 members (excludes halogenated alkanes) is 12. The lowest BCUT2D eigenvalue weighted by molar-refractivity contribution is -0.887. The van der Waals surface area contributed by atoms with Crippen LogP contribution in [-0.4, -0.2) is 80.6 Å². The average Bonchev–Trinajstić information content (AvgIpc) is 3.01. The summed E-state index contributed by atoms with van der Waals surface area (Å²) in [4.78, 5) is 36.7. The summed E-state index contributed by atoms with van der Waals surface area (Å²) >= 11 is 0. The van der Waals surface area contributed by atoms with Crippen LogP contribution in [0.15, 0.2) is 36.5 Å². The maximum atomic E-state index is 12.6. The van der Waals surface area contributed by atoms with Crippen LogP contribution in [0.3, 0.4) is 0 Å². The predicted octanol–water partition coefficient (Wildman–Crippen LogP) is 9.13. The highest BCUT2D eigenvalue weighted by atomic mass is 16.6. The Labute approximate surface area is 287 Å². The summed E-state index contributed by atoms with van der Waals surface area (Å²) in [7, 11) is 5.49. The van der Waals surface area contributed by atoms with Gasteiger partial charge in [-0.05, 0) is 38.5 Å². The summed E-state index contributed by atoms with van der Waals surface area (Å²) in [6.07, 6.45) is 32.0. The number of likely N-dealkylation sites (N-methyl/N-ethyl adjacent to an activating group) is 1. The molecule has 1 N–H and O–H groups in total. The van der Waals surface area contributed by atoms with Crippen LogP contribution in [0.5, 0.6) is 0 Å². The summed E-state index contributed by atoms with van der Waals surface area (Å²) in [5.41, 5.74) is 0. The van der Waals surface area contributed by atoms with Gasteiger partial charge < -0.3 is 23.8 Å². The van der Waals surface area contributed by atoms with Gasteiger partial charge in [0.05, 0.1) is 34.4 Å². The lowest BCUT2D eigenvalue weighted by Crippen LogP contribution is -2.50. The Morgan fingerprint density at radius 3 is 1.74 bits per heavy atom. The number of carbonyl (C=O) groups excluding carboxylic acids is 2. The molecule has 2 atom stereocenters. The predicted molar refractivity (Wildman–Crippen MR) is 192 cm³/mol. The van der Waals surface area contributed by atoms with Crippen molar-refractivity contribution in [3.63, 3.8) is 0 Å². The van der Waals surface area contributed by atoms with Crippen molar-refractivity contribution >= 4 is 17.9 Å². The Balaban J connectivity index is 4.50. The number of aliphatic carboxylic acids is 1. The maximum absolute atomic E-state index is 12.6. The van der Waals surface area contributed by atoms with E-state index in [0.717, 1.165) is 44.9 Å². The minimum absolute atomic E-state index is 0.0424. The fraction of sp³-hybridized carbons (Fsp3) is 0.769. The summed E-state index contributed by atoms with van der Waals surface area (Å²) in [6.45, 7) is 4.54. The maximum Gasteiger partial charge on any atom is 0.362 e. The molecule has 0 radical (unpaired) electrons. The van der Waals surface area contributed by atoms with Crippen LogP contribution in [0.25, 0.3) is 0 Å². The highest BCUT2D eigenvalue weighted by Crippen LogP contribution is 2.13. The number of carboxylic acid groups (broad SMARTS) is 1. The highest BCUT2D eigenvalue weighted by Gasteiger charge is 2.31. The molecule has 47 heavy (non-hydrogen) atoms. The van der Waals surface area contributed by atoms with Gasteiger partial charge in [0, 0.05) is 19.3 Å². The second-order valence-electron chi connectivity index (χ2n) is 13.5. The zero-order valence-electron chi connectivity index (χ0n) is 30.7. The standard InChI is InChI=1S/C39H69NO7/c1-6-8-10-12-14-16-18-20-21-23-25-27-29-37(41)46-34-35(33-45-32-31-36(39(43)44)40(3,4)5)47-38(42)30-28-26-24-22-19-17-15-13-11-9-7-2/h9,11,15,17,22,24,35-36H,6-8,10,12-14,16,18-21,23,25-34H2,1-5H3/p+1/b11-9+,17-15+,24-22+. The van der Waals surface area contributed by atoms with Crippen molar-refractivity contribution in [1.29, 1.82) is 0 Å². The lowest BCUT2D eigenvalue weighted by atomic mass is 10.0. The van der Waals surface area contributed by atoms with Crippen LogP contribution in [-0.2, 0) is 28.6 Å². The van der Waals surface area contributed by atoms with Gasteiger partial charge in [-0.25, -0.2) is 4.79 Å². The number of carboxylic acids is 1. The number of rotatable bonds is 32. The van der Waals surface area contributed by atoms with Gasteiger partial charge in [-0.1, -0.05) is 121 Å². The topological polar surface area (TPSA) is 99.1 Å². The van der Waals surface area contributed by atoms with Gasteiger partial charge in [-0.2, -0.15) is 0 Å². The van der Waals surface area contributed by atoms with Crippen LogP contribution in [0, 0.1) is 0 Å². The van der Waals surface area contributed by atoms with E-state index in [1.54, 1.807) is 0 Å². The van der Waals surface area contributed by atoms with E-state index in [0.29, 0.717) is 19.3 Å². The SMILES string of the molecule is CC/C=C/C/C=C/C/C=C/CCCC(=O)OC(COCCC(C(=O)O)[N+](C)(C)C)COC(=O)CCCCCCCCCCCCCC. The zero-order valence-corrected chi connectivity index (χ0v) is 30.7. The summed E-state index contributed by atoms with van der Waals surface area (Å²) in [6, 6.07) is -0.620. The first-order valence-corrected chi connectivity index (χ1v) is 18.5. The molecule has 0 aliphatic carbocycles. The minimum atomic E-state index is -0.884. The van der Waals surface area contributed by atoms with E-state index in [1.165, 1.54) is 57.8 Å². The van der Waals surface area contributed by atoms with E-state index in [2.05, 4.69) is 50.3 Å². The fourth-order valence-electron chi connectivity index (χ4n) is 5.17. The molecule has 0 aliphatic rings. The second kappa shape index (κ2) is 30.9. The average molecular weight is 665 g/mol. The van der Waals surface area contributed by atoms with Gasteiger partial charge >= 0.3 is 17.9 Å². The number of carbonyl (C=O) groups is 3. The molecule has 8 heteroatoms. The molecule has 0 heterocycles. The van der Waals surface area contributed by atoms with Crippen molar-refractivity contribution < 1.29 is 38.2 Å². The van der Waals surface area contributed by atoms with Crippen LogP contribution in [0.2, 0.25) is 0 Å². The van der Waals surface area contributed by atoms with Gasteiger partial charge in [0.25, 0.3) is 0 Å². The summed E-state index contributed by atoms with van der Waals surface area (Å²) in [5.74, 6) is -1.54. The fourth-order valence-corrected chi connectivity index (χ4v) is 5.17. The van der Waals surface area contributed by atoms with E-state index in [1.807, 2.05) is 21.1 Å². The minimum Gasteiger partial charge on any atom is -0.477 e. The van der Waals surface area contributed by atoms with Gasteiger partial charge in [0.15, 0.2) is 12.1 Å². The Morgan fingerprint density at radius 2 is 1.19 bits per heavy atom. The number of hydrogen-bond donors (Lipinski definition) is 1. The Morgan fingerprint density at radius 1 is 0.660 bits per heavy atom. The molecule has 2 unspecified atom stereocenters. The number of allylic oxidation sites excluding steroid dienone is 6. The second-order valence-corrected chi connectivity index (χ2v) is 13.5. The third-order valence-electron chi connectivity index (χ3n) is 8.05. The Hall–Kier alpha value is -2.45. The van der Waals surface area contributed by atoms with E-state index in [9.17, 15) is 19.5 Å². The van der Waals surface area contributed by atoms with Gasteiger partial charge in [0.1, 0.15) is 6.61 Å². The van der Waals surface area contributed by atoms with E-state index < -0.39 is 18.1 Å². The summed E-state index contributed by atoms with van der Waals surface area (Å²) < 4.78 is 17.1. The molecule has 0 fully saturated rings. The first kappa shape index (κ1) is 44.5. The van der Waals surface area contributed by atoms with E-state index in [-0.39, 0.29) is 42.7 Å². The Kier molecular flexibility index (Phi) is 29.2. The van der Waals surface area contributed by atoms with E-state index >= 15 is 0 Å². The van der Waals surface area contributed by atoms with Crippen molar-refractivity contribution in [1.82, 2.24) is 0 Å². The summed E-state index contributed by atoms with van der Waals surface area (Å²) in [5, 5.41) is 9.56. The van der Waals surface area contributed by atoms with Crippen molar-refractivity contribution in [3.05, 3.63) is 36.5 Å². The third kappa shape index (κ3) is 29.4. The van der Waals surface area contributed by atoms with Gasteiger partial charge in [-0.3, -0.25) is 9.59 Å². The quantitative estimate of drug-likeness (QED) is 0.0331. The van der Waals surface area contributed by atoms with E-state index in [4.69, 9.17) is 14.2 Å². The molecular weight excluding hydrogens is 594 g/mol. The molecule has 0 saturated carbocycles.